The van der Waals surface area contributed by atoms with Crippen molar-refractivity contribution in [2.45, 2.75) is 10.9 Å². The van der Waals surface area contributed by atoms with Crippen LogP contribution in [0.3, 0.4) is 0 Å². The highest BCUT2D eigenvalue weighted by Crippen LogP contribution is 2.49. The highest BCUT2D eigenvalue weighted by Gasteiger charge is 2.43. The van der Waals surface area contributed by atoms with E-state index in [2.05, 4.69) is 6.58 Å². The van der Waals surface area contributed by atoms with Gasteiger partial charge in [-0.1, -0.05) is 12.6 Å². The summed E-state index contributed by atoms with van der Waals surface area (Å²) in [7, 11) is 4.34. The summed E-state index contributed by atoms with van der Waals surface area (Å²) in [5.41, 5.74) is 1.30. The van der Waals surface area contributed by atoms with Crippen molar-refractivity contribution in [2.75, 3.05) is 47.6 Å². The van der Waals surface area contributed by atoms with E-state index < -0.39 is 16.2 Å². The lowest BCUT2D eigenvalue weighted by Crippen LogP contribution is -2.48. The SMILES string of the molecule is C=C1C(=O)N(c2cc(OC)c(OC)c(OC)c2)C1c1ccc(OC)c(OS(=O)(=O)c2ccc(OC)c(OC)c2)c1. The molecule has 212 valence electrons. The van der Waals surface area contributed by atoms with E-state index in [-0.39, 0.29) is 28.1 Å². The van der Waals surface area contributed by atoms with Crippen LogP contribution in [0.15, 0.2) is 65.6 Å². The molecule has 1 fully saturated rings. The van der Waals surface area contributed by atoms with Crippen LogP contribution in [0.1, 0.15) is 11.6 Å². The molecule has 1 unspecified atom stereocenters. The van der Waals surface area contributed by atoms with Crippen LogP contribution in [0.2, 0.25) is 0 Å². The van der Waals surface area contributed by atoms with Crippen LogP contribution in [-0.2, 0) is 14.9 Å². The van der Waals surface area contributed by atoms with Gasteiger partial charge in [0.05, 0.1) is 54.4 Å². The van der Waals surface area contributed by atoms with Crippen LogP contribution >= 0.6 is 0 Å². The Bertz CT molecular complexity index is 1540. The molecule has 1 aliphatic heterocycles. The standard InChI is InChI=1S/C28H29NO10S/c1-16-26(29(28(16)30)18-13-24(36-5)27(38-7)25(14-18)37-6)17-8-10-21(34-3)23(12-17)39-40(31,32)19-9-11-20(33-2)22(15-19)35-4/h8-15,26H,1H2,2-7H3. The summed E-state index contributed by atoms with van der Waals surface area (Å²) in [5, 5.41) is 0. The molecule has 0 radical (unpaired) electrons. The molecule has 0 bridgehead atoms. The average Bonchev–Trinajstić information content (AvgIpc) is 2.97. The molecule has 12 heteroatoms. The maximum absolute atomic E-state index is 13.2. The summed E-state index contributed by atoms with van der Waals surface area (Å²) in [5.74, 6) is 1.45. The highest BCUT2D eigenvalue weighted by molar-refractivity contribution is 7.87. The molecule has 40 heavy (non-hydrogen) atoms. The number of carbonyl (C=O) groups excluding carboxylic acids is 1. The molecule has 1 aliphatic rings. The molecule has 3 aromatic rings. The molecule has 1 heterocycles. The Kier molecular flexibility index (Phi) is 8.01. The predicted molar refractivity (Wildman–Crippen MR) is 146 cm³/mol. The number of anilines is 1. The molecule has 0 aliphatic carbocycles. The van der Waals surface area contributed by atoms with Gasteiger partial charge in [-0.2, -0.15) is 8.42 Å². The van der Waals surface area contributed by atoms with Gasteiger partial charge in [0, 0.05) is 23.8 Å². The minimum Gasteiger partial charge on any atom is -0.493 e. The summed E-state index contributed by atoms with van der Waals surface area (Å²) >= 11 is 0. The van der Waals surface area contributed by atoms with Crippen molar-refractivity contribution < 1.29 is 45.8 Å². The molecular weight excluding hydrogens is 542 g/mol. The number of benzene rings is 3. The quantitative estimate of drug-likeness (QED) is 0.189. The third-order valence-corrected chi connectivity index (χ3v) is 7.59. The zero-order valence-corrected chi connectivity index (χ0v) is 23.7. The van der Waals surface area contributed by atoms with Gasteiger partial charge in [-0.3, -0.25) is 9.69 Å². The first-order valence-electron chi connectivity index (χ1n) is 11.8. The Morgan fingerprint density at radius 1 is 0.675 bits per heavy atom. The number of nitrogens with zero attached hydrogens (tertiary/aromatic N) is 1. The average molecular weight is 572 g/mol. The zero-order valence-electron chi connectivity index (χ0n) is 22.8. The molecule has 4 rings (SSSR count). The molecule has 11 nitrogen and oxygen atoms in total. The monoisotopic (exact) mass is 571 g/mol. The van der Waals surface area contributed by atoms with E-state index in [0.29, 0.717) is 39.8 Å². The lowest BCUT2D eigenvalue weighted by Gasteiger charge is -2.42. The minimum absolute atomic E-state index is 0.0771. The molecule has 1 saturated heterocycles. The van der Waals surface area contributed by atoms with E-state index in [1.54, 1.807) is 24.3 Å². The summed E-state index contributed by atoms with van der Waals surface area (Å²) < 4.78 is 63.9. The predicted octanol–water partition coefficient (Wildman–Crippen LogP) is 4.15. The van der Waals surface area contributed by atoms with Crippen molar-refractivity contribution in [3.63, 3.8) is 0 Å². The maximum Gasteiger partial charge on any atom is 0.339 e. The van der Waals surface area contributed by atoms with E-state index in [1.165, 1.54) is 71.8 Å². The van der Waals surface area contributed by atoms with E-state index in [0.717, 1.165) is 0 Å². The van der Waals surface area contributed by atoms with Gasteiger partial charge in [0.2, 0.25) is 5.75 Å². The van der Waals surface area contributed by atoms with Crippen LogP contribution in [0.25, 0.3) is 0 Å². The number of hydrogen-bond acceptors (Lipinski definition) is 10. The molecule has 1 atom stereocenters. The number of β-lactam (4-membered cyclic amide) rings is 1. The fraction of sp³-hybridized carbons (Fsp3) is 0.250. The normalized spacial score (nSPS) is 14.8. The van der Waals surface area contributed by atoms with E-state index in [4.69, 9.17) is 32.6 Å². The molecule has 0 saturated carbocycles. The van der Waals surface area contributed by atoms with Crippen molar-refractivity contribution >= 4 is 21.7 Å². The molecular formula is C28H29NO10S. The number of methoxy groups -OCH3 is 6. The fourth-order valence-corrected chi connectivity index (χ4v) is 5.32. The summed E-state index contributed by atoms with van der Waals surface area (Å²) in [4.78, 5) is 14.3. The Morgan fingerprint density at radius 2 is 1.23 bits per heavy atom. The smallest absolute Gasteiger partial charge is 0.339 e. The summed E-state index contributed by atoms with van der Waals surface area (Å²) in [6, 6.07) is 11.5. The van der Waals surface area contributed by atoms with E-state index in [1.807, 2.05) is 0 Å². The lowest BCUT2D eigenvalue weighted by molar-refractivity contribution is -0.119. The van der Waals surface area contributed by atoms with Gasteiger partial charge in [-0.15, -0.1) is 0 Å². The lowest BCUT2D eigenvalue weighted by atomic mass is 9.88. The van der Waals surface area contributed by atoms with Gasteiger partial charge in [0.1, 0.15) is 4.90 Å². The maximum atomic E-state index is 13.2. The van der Waals surface area contributed by atoms with Gasteiger partial charge in [0.15, 0.2) is 34.5 Å². The molecule has 0 aromatic heterocycles. The highest BCUT2D eigenvalue weighted by atomic mass is 32.2. The second kappa shape index (κ2) is 11.3. The van der Waals surface area contributed by atoms with Crippen molar-refractivity contribution in [1.29, 1.82) is 0 Å². The molecule has 0 N–H and O–H groups in total. The van der Waals surface area contributed by atoms with Crippen molar-refractivity contribution in [3.8, 4) is 40.2 Å². The van der Waals surface area contributed by atoms with Crippen molar-refractivity contribution in [2.24, 2.45) is 0 Å². The number of amides is 1. The number of ether oxygens (including phenoxy) is 6. The first-order chi connectivity index (χ1) is 19.1. The third-order valence-electron chi connectivity index (χ3n) is 6.36. The van der Waals surface area contributed by atoms with Gasteiger partial charge in [-0.25, -0.2) is 0 Å². The first kappa shape index (κ1) is 28.4. The first-order valence-corrected chi connectivity index (χ1v) is 13.2. The summed E-state index contributed by atoms with van der Waals surface area (Å²) in [6.45, 7) is 3.93. The zero-order chi connectivity index (χ0) is 29.2. The third kappa shape index (κ3) is 4.93. The van der Waals surface area contributed by atoms with Crippen LogP contribution < -0.4 is 37.5 Å². The Balaban J connectivity index is 1.73. The largest absolute Gasteiger partial charge is 0.493 e. The van der Waals surface area contributed by atoms with Crippen LogP contribution in [0.5, 0.6) is 40.2 Å². The number of hydrogen-bond donors (Lipinski definition) is 0. The topological polar surface area (TPSA) is 119 Å². The van der Waals surface area contributed by atoms with Gasteiger partial charge < -0.3 is 32.6 Å². The second-order valence-corrected chi connectivity index (χ2v) is 10.00. The molecule has 1 amide bonds. The van der Waals surface area contributed by atoms with Crippen LogP contribution in [0, 0.1) is 0 Å². The Labute approximate surface area is 232 Å². The molecule has 3 aromatic carbocycles. The Hall–Kier alpha value is -4.58. The summed E-state index contributed by atoms with van der Waals surface area (Å²) in [6.07, 6.45) is 0. The van der Waals surface area contributed by atoms with Gasteiger partial charge >= 0.3 is 10.1 Å². The van der Waals surface area contributed by atoms with Crippen LogP contribution in [0.4, 0.5) is 5.69 Å². The van der Waals surface area contributed by atoms with Crippen molar-refractivity contribution in [1.82, 2.24) is 0 Å². The number of rotatable bonds is 11. The van der Waals surface area contributed by atoms with Gasteiger partial charge in [0.25, 0.3) is 5.91 Å². The number of carbonyl (C=O) groups is 1. The van der Waals surface area contributed by atoms with Gasteiger partial charge in [-0.05, 0) is 29.8 Å². The fourth-order valence-electron chi connectivity index (χ4n) is 4.37. The second-order valence-electron chi connectivity index (χ2n) is 8.45. The van der Waals surface area contributed by atoms with Crippen LogP contribution in [-0.4, -0.2) is 57.0 Å². The molecule has 0 spiro atoms. The van der Waals surface area contributed by atoms with Crippen molar-refractivity contribution in [3.05, 3.63) is 66.2 Å². The Morgan fingerprint density at radius 3 is 1.77 bits per heavy atom. The van der Waals surface area contributed by atoms with E-state index in [9.17, 15) is 13.2 Å². The van der Waals surface area contributed by atoms with E-state index >= 15 is 0 Å². The minimum atomic E-state index is -4.32.